The number of amides is 1. The van der Waals surface area contributed by atoms with Crippen LogP contribution >= 0.6 is 0 Å². The molecule has 0 saturated carbocycles. The highest BCUT2D eigenvalue weighted by Gasteiger charge is 2.26. The molecule has 2 atom stereocenters. The van der Waals surface area contributed by atoms with Crippen LogP contribution in [0.2, 0.25) is 0 Å². The smallest absolute Gasteiger partial charge is 0.237 e. The standard InChI is InChI=1S/C10H20N2O2/c1-8(7-13)12(2)9-5-3-4-6-11-10(9)14/h8-9,13H,3-7H2,1-2H3,(H,11,14). The first-order chi connectivity index (χ1) is 6.66. The van der Waals surface area contributed by atoms with Gasteiger partial charge in [0.05, 0.1) is 12.6 Å². The van der Waals surface area contributed by atoms with Crippen molar-refractivity contribution >= 4 is 5.91 Å². The predicted octanol–water partition coefficient (Wildman–Crippen LogP) is -0.0323. The van der Waals surface area contributed by atoms with Gasteiger partial charge in [-0.1, -0.05) is 0 Å². The van der Waals surface area contributed by atoms with E-state index in [0.717, 1.165) is 25.8 Å². The van der Waals surface area contributed by atoms with Crippen molar-refractivity contribution in [3.8, 4) is 0 Å². The van der Waals surface area contributed by atoms with Gasteiger partial charge in [0.25, 0.3) is 0 Å². The van der Waals surface area contributed by atoms with Crippen molar-refractivity contribution in [3.05, 3.63) is 0 Å². The van der Waals surface area contributed by atoms with E-state index in [2.05, 4.69) is 5.32 Å². The summed E-state index contributed by atoms with van der Waals surface area (Å²) in [6.07, 6.45) is 3.03. The molecular formula is C10H20N2O2. The van der Waals surface area contributed by atoms with Crippen molar-refractivity contribution in [1.29, 1.82) is 0 Å². The number of aliphatic hydroxyl groups is 1. The van der Waals surface area contributed by atoms with Crippen LogP contribution in [0.5, 0.6) is 0 Å². The van der Waals surface area contributed by atoms with Crippen LogP contribution in [0.25, 0.3) is 0 Å². The van der Waals surface area contributed by atoms with Crippen molar-refractivity contribution < 1.29 is 9.90 Å². The summed E-state index contributed by atoms with van der Waals surface area (Å²) in [6, 6.07) is -0.0245. The second kappa shape index (κ2) is 5.32. The van der Waals surface area contributed by atoms with Crippen LogP contribution in [0, 0.1) is 0 Å². The van der Waals surface area contributed by atoms with Gasteiger partial charge in [0.15, 0.2) is 0 Å². The lowest BCUT2D eigenvalue weighted by Gasteiger charge is -2.30. The van der Waals surface area contributed by atoms with Crippen LogP contribution in [-0.4, -0.2) is 48.2 Å². The number of nitrogens with one attached hydrogen (secondary N) is 1. The van der Waals surface area contributed by atoms with E-state index in [-0.39, 0.29) is 24.6 Å². The molecule has 2 unspecified atom stereocenters. The van der Waals surface area contributed by atoms with E-state index in [1.165, 1.54) is 0 Å². The maximum Gasteiger partial charge on any atom is 0.237 e. The Morgan fingerprint density at radius 1 is 1.64 bits per heavy atom. The van der Waals surface area contributed by atoms with Crippen molar-refractivity contribution in [2.24, 2.45) is 0 Å². The minimum absolute atomic E-state index is 0.0452. The first kappa shape index (κ1) is 11.5. The first-order valence-corrected chi connectivity index (χ1v) is 5.27. The third-order valence-corrected chi connectivity index (χ3v) is 2.96. The molecule has 82 valence electrons. The van der Waals surface area contributed by atoms with Gasteiger partial charge in [-0.2, -0.15) is 0 Å². The third kappa shape index (κ3) is 2.69. The molecule has 1 amide bonds. The summed E-state index contributed by atoms with van der Waals surface area (Å²) in [6.45, 7) is 2.81. The minimum Gasteiger partial charge on any atom is -0.395 e. The zero-order valence-electron chi connectivity index (χ0n) is 8.99. The number of aliphatic hydroxyl groups excluding tert-OH is 1. The fourth-order valence-corrected chi connectivity index (χ4v) is 1.75. The van der Waals surface area contributed by atoms with E-state index in [9.17, 15) is 4.79 Å². The average molecular weight is 200 g/mol. The highest BCUT2D eigenvalue weighted by atomic mass is 16.3. The van der Waals surface area contributed by atoms with Crippen LogP contribution < -0.4 is 5.32 Å². The number of hydrogen-bond acceptors (Lipinski definition) is 3. The van der Waals surface area contributed by atoms with Crippen LogP contribution in [0.4, 0.5) is 0 Å². The first-order valence-electron chi connectivity index (χ1n) is 5.27. The van der Waals surface area contributed by atoms with Crippen LogP contribution in [-0.2, 0) is 4.79 Å². The number of likely N-dealkylation sites (N-methyl/N-ethyl adjacent to an activating group) is 1. The maximum absolute atomic E-state index is 11.6. The lowest BCUT2D eigenvalue weighted by Crippen LogP contribution is -2.48. The van der Waals surface area contributed by atoms with Gasteiger partial charge < -0.3 is 10.4 Å². The van der Waals surface area contributed by atoms with Crippen LogP contribution in [0.1, 0.15) is 26.2 Å². The van der Waals surface area contributed by atoms with Gasteiger partial charge in [0, 0.05) is 12.6 Å². The Labute approximate surface area is 85.3 Å². The van der Waals surface area contributed by atoms with Gasteiger partial charge in [0.2, 0.25) is 5.91 Å². The Hall–Kier alpha value is -0.610. The highest BCUT2D eigenvalue weighted by Crippen LogP contribution is 2.13. The molecule has 1 fully saturated rings. The second-order valence-corrected chi connectivity index (χ2v) is 4.00. The molecule has 0 aromatic rings. The summed E-state index contributed by atoms with van der Waals surface area (Å²) < 4.78 is 0. The number of rotatable bonds is 3. The van der Waals surface area contributed by atoms with Crippen LogP contribution in [0.15, 0.2) is 0 Å². The topological polar surface area (TPSA) is 52.6 Å². The SMILES string of the molecule is CC(CO)N(C)C1CCCCNC1=O. The number of nitrogens with zero attached hydrogens (tertiary/aromatic N) is 1. The number of hydrogen-bond donors (Lipinski definition) is 2. The Bertz CT molecular complexity index is 197. The lowest BCUT2D eigenvalue weighted by atomic mass is 10.1. The molecule has 0 aromatic carbocycles. The summed E-state index contributed by atoms with van der Waals surface area (Å²) in [5, 5.41) is 11.9. The summed E-state index contributed by atoms with van der Waals surface area (Å²) in [5.41, 5.74) is 0. The highest BCUT2D eigenvalue weighted by molar-refractivity contribution is 5.81. The minimum atomic E-state index is -0.0698. The monoisotopic (exact) mass is 200 g/mol. The molecule has 1 saturated heterocycles. The van der Waals surface area contributed by atoms with Crippen molar-refractivity contribution in [3.63, 3.8) is 0 Å². The molecular weight excluding hydrogens is 180 g/mol. The quantitative estimate of drug-likeness (QED) is 0.672. The molecule has 0 bridgehead atoms. The summed E-state index contributed by atoms with van der Waals surface area (Å²) in [5.74, 6) is 0.102. The van der Waals surface area contributed by atoms with Gasteiger partial charge >= 0.3 is 0 Å². The van der Waals surface area contributed by atoms with Crippen molar-refractivity contribution in [2.75, 3.05) is 20.2 Å². The summed E-state index contributed by atoms with van der Waals surface area (Å²) >= 11 is 0. The van der Waals surface area contributed by atoms with E-state index in [0.29, 0.717) is 0 Å². The van der Waals surface area contributed by atoms with Gasteiger partial charge in [-0.25, -0.2) is 0 Å². The molecule has 0 radical (unpaired) electrons. The molecule has 0 spiro atoms. The molecule has 4 heteroatoms. The maximum atomic E-state index is 11.6. The third-order valence-electron chi connectivity index (χ3n) is 2.96. The number of carbonyl (C=O) groups excluding carboxylic acids is 1. The molecule has 14 heavy (non-hydrogen) atoms. The fraction of sp³-hybridized carbons (Fsp3) is 0.900. The predicted molar refractivity (Wildman–Crippen MR) is 55.0 cm³/mol. The fourth-order valence-electron chi connectivity index (χ4n) is 1.75. The van der Waals surface area contributed by atoms with E-state index in [1.807, 2.05) is 18.9 Å². The molecule has 1 aliphatic rings. The molecule has 0 aliphatic carbocycles. The lowest BCUT2D eigenvalue weighted by molar-refractivity contribution is -0.126. The molecule has 4 nitrogen and oxygen atoms in total. The van der Waals surface area contributed by atoms with E-state index < -0.39 is 0 Å². The summed E-state index contributed by atoms with van der Waals surface area (Å²) in [7, 11) is 1.90. The van der Waals surface area contributed by atoms with Gasteiger partial charge in [-0.05, 0) is 33.2 Å². The Morgan fingerprint density at radius 2 is 2.36 bits per heavy atom. The van der Waals surface area contributed by atoms with Crippen molar-refractivity contribution in [2.45, 2.75) is 38.3 Å². The zero-order chi connectivity index (χ0) is 10.6. The van der Waals surface area contributed by atoms with Gasteiger partial charge in [0.1, 0.15) is 0 Å². The molecule has 1 rings (SSSR count). The number of carbonyl (C=O) groups is 1. The molecule has 1 heterocycles. The zero-order valence-corrected chi connectivity index (χ0v) is 8.99. The van der Waals surface area contributed by atoms with Gasteiger partial charge in [-0.3, -0.25) is 9.69 Å². The largest absolute Gasteiger partial charge is 0.395 e. The van der Waals surface area contributed by atoms with E-state index >= 15 is 0 Å². The van der Waals surface area contributed by atoms with E-state index in [4.69, 9.17) is 5.11 Å². The molecule has 0 aromatic heterocycles. The second-order valence-electron chi connectivity index (χ2n) is 4.00. The van der Waals surface area contributed by atoms with Gasteiger partial charge in [-0.15, -0.1) is 0 Å². The Kier molecular flexibility index (Phi) is 4.35. The Morgan fingerprint density at radius 3 is 3.00 bits per heavy atom. The average Bonchev–Trinajstić information content (AvgIpc) is 2.40. The molecule has 2 N–H and O–H groups in total. The summed E-state index contributed by atoms with van der Waals surface area (Å²) in [4.78, 5) is 13.6. The van der Waals surface area contributed by atoms with E-state index in [1.54, 1.807) is 0 Å². The van der Waals surface area contributed by atoms with Crippen LogP contribution in [0.3, 0.4) is 0 Å². The normalized spacial score (nSPS) is 25.7. The van der Waals surface area contributed by atoms with Crippen molar-refractivity contribution in [1.82, 2.24) is 10.2 Å². The Balaban J connectivity index is 2.58. The molecule has 1 aliphatic heterocycles.